The highest BCUT2D eigenvalue weighted by Gasteiger charge is 2.35. The summed E-state index contributed by atoms with van der Waals surface area (Å²) in [5.41, 5.74) is 6.87. The fraction of sp³-hybridized carbons (Fsp3) is 0.326. The summed E-state index contributed by atoms with van der Waals surface area (Å²) in [5, 5.41) is 8.93. The summed E-state index contributed by atoms with van der Waals surface area (Å²) in [4.78, 5) is 29.0. The van der Waals surface area contributed by atoms with Crippen LogP contribution >= 0.6 is 0 Å². The molecular weight excluding hydrogens is 700 g/mol. The number of nitriles is 1. The van der Waals surface area contributed by atoms with Crippen LogP contribution in [0.1, 0.15) is 75.3 Å². The topological polar surface area (TPSA) is 124 Å². The minimum absolute atomic E-state index is 0. The summed E-state index contributed by atoms with van der Waals surface area (Å²) in [6.45, 7) is 10.5. The highest BCUT2D eigenvalue weighted by molar-refractivity contribution is 5.97. The molecule has 4 aromatic rings. The average Bonchev–Trinajstić information content (AvgIpc) is 3.87. The molecule has 0 N–H and O–H groups in total. The maximum atomic E-state index is 12.9. The lowest BCUT2D eigenvalue weighted by Crippen LogP contribution is -2.34. The molecule has 0 aromatic heterocycles. The molecule has 0 aliphatic carbocycles. The lowest BCUT2D eigenvalue weighted by atomic mass is 9.87. The van der Waals surface area contributed by atoms with E-state index in [0.717, 1.165) is 59.9 Å². The Balaban J connectivity index is 0.000000175. The number of nitrogens with zero attached hydrogens (tertiary/aromatic N) is 4. The van der Waals surface area contributed by atoms with Gasteiger partial charge < -0.3 is 28.4 Å². The van der Waals surface area contributed by atoms with Crippen LogP contribution in [0.15, 0.2) is 60.7 Å². The summed E-state index contributed by atoms with van der Waals surface area (Å²) in [7, 11) is 7.36. The Hall–Kier alpha value is -6.37. The van der Waals surface area contributed by atoms with Crippen LogP contribution in [0.2, 0.25) is 0 Å². The van der Waals surface area contributed by atoms with Gasteiger partial charge in [-0.25, -0.2) is 9.42 Å². The van der Waals surface area contributed by atoms with E-state index < -0.39 is 0 Å². The first-order valence-corrected chi connectivity index (χ1v) is 17.4. The summed E-state index contributed by atoms with van der Waals surface area (Å²) in [6, 6.07) is 19.4. The third kappa shape index (κ3) is 8.56. The molecule has 284 valence electrons. The number of ketones is 2. The largest absolute Gasteiger partial charge is 0.492 e. The van der Waals surface area contributed by atoms with Gasteiger partial charge >= 0.3 is 0 Å². The molecule has 4 heterocycles. The fourth-order valence-corrected chi connectivity index (χ4v) is 6.79. The predicted molar refractivity (Wildman–Crippen MR) is 207 cm³/mol. The van der Waals surface area contributed by atoms with Crippen molar-refractivity contribution in [3.63, 3.8) is 0 Å². The van der Waals surface area contributed by atoms with Crippen LogP contribution in [0.3, 0.4) is 0 Å². The van der Waals surface area contributed by atoms with E-state index in [0.29, 0.717) is 46.0 Å². The quantitative estimate of drug-likeness (QED) is 0.114. The lowest BCUT2D eigenvalue weighted by Gasteiger charge is -2.35. The molecule has 4 aliphatic heterocycles. The van der Waals surface area contributed by atoms with Gasteiger partial charge in [0.05, 0.1) is 38.0 Å². The van der Waals surface area contributed by atoms with Crippen molar-refractivity contribution in [2.24, 2.45) is 0 Å². The summed E-state index contributed by atoms with van der Waals surface area (Å²) in [5.74, 6) is 4.35. The Morgan fingerprint density at radius 2 is 1.51 bits per heavy atom. The van der Waals surface area contributed by atoms with Crippen LogP contribution in [0.4, 0.5) is 5.69 Å². The number of Topliss-reactive ketones (excluding diaryl/α,β-unsaturated/α-hetero) is 2. The highest BCUT2D eigenvalue weighted by Crippen LogP contribution is 2.50. The molecule has 12 heteroatoms. The Morgan fingerprint density at radius 3 is 2.09 bits per heavy atom. The first-order valence-electron chi connectivity index (χ1n) is 17.4. The van der Waals surface area contributed by atoms with Crippen molar-refractivity contribution < 1.29 is 42.6 Å². The van der Waals surface area contributed by atoms with E-state index >= 15 is 0 Å². The number of fused-ring (bicyclic) bond motifs is 4. The van der Waals surface area contributed by atoms with Crippen LogP contribution in [-0.2, 0) is 12.8 Å². The van der Waals surface area contributed by atoms with Crippen LogP contribution in [-0.4, -0.2) is 82.2 Å². The van der Waals surface area contributed by atoms with Gasteiger partial charge in [0.15, 0.2) is 46.5 Å². The van der Waals surface area contributed by atoms with E-state index in [1.54, 1.807) is 62.8 Å². The number of methoxy groups -OCH3 is 2. The molecule has 0 saturated heterocycles. The molecule has 1 unspecified atom stereocenters. The van der Waals surface area contributed by atoms with Gasteiger partial charge in [-0.1, -0.05) is 43.8 Å². The minimum atomic E-state index is -0.110. The number of ether oxygens (including phenoxy) is 6. The fourth-order valence-electron chi connectivity index (χ4n) is 6.79. The standard InChI is InChI=1S/C21H20N2O4.C12H14NO3.C9H7NO.CH4/c1-23-8-7-15-9-18-20(27-12-26-18)21(25-2)19(15)16(23)10-17(24)14-5-3-13(11-22)4-6-14;1-13-4-3-8-5-10-12(16-7-15-10)11(14-2)9(8)6-13;1-7(11)8-3-5-9(10-2)6-4-8;/h3-6,9,16H,7-8,10,12H2,1-2H3;5-6H,3-4,7H2,1-2H3;3-6H,1H3;1H4/q;+1;;. The number of benzene rings is 4. The maximum Gasteiger partial charge on any atom is 0.231 e. The van der Waals surface area contributed by atoms with Crippen molar-refractivity contribution in [3.05, 3.63) is 111 Å². The van der Waals surface area contributed by atoms with Crippen molar-refractivity contribution in [1.82, 2.24) is 4.90 Å². The molecule has 4 aliphatic rings. The van der Waals surface area contributed by atoms with E-state index in [1.165, 1.54) is 12.5 Å². The van der Waals surface area contributed by atoms with Crippen LogP contribution in [0.25, 0.3) is 4.85 Å². The second-order valence-electron chi connectivity index (χ2n) is 13.1. The van der Waals surface area contributed by atoms with E-state index in [2.05, 4.69) is 39.7 Å². The Kier molecular flexibility index (Phi) is 12.8. The van der Waals surface area contributed by atoms with Crippen molar-refractivity contribution in [2.45, 2.75) is 39.7 Å². The molecule has 0 bridgehead atoms. The van der Waals surface area contributed by atoms with E-state index in [4.69, 9.17) is 40.3 Å². The molecule has 0 fully saturated rings. The van der Waals surface area contributed by atoms with Gasteiger partial charge in [-0.3, -0.25) is 14.5 Å². The van der Waals surface area contributed by atoms with E-state index in [9.17, 15) is 9.59 Å². The number of hydrogen-bond donors (Lipinski definition) is 0. The summed E-state index contributed by atoms with van der Waals surface area (Å²) < 4.78 is 35.2. The normalized spacial score (nSPS) is 15.4. The molecule has 0 saturated carbocycles. The number of carbonyl (C=O) groups is 2. The molecule has 8 rings (SSSR count). The molecule has 4 aromatic carbocycles. The van der Waals surface area contributed by atoms with Crippen molar-refractivity contribution >= 4 is 23.5 Å². The number of hydrogen-bond acceptors (Lipinski definition) is 10. The van der Waals surface area contributed by atoms with Crippen molar-refractivity contribution in [3.8, 4) is 40.6 Å². The Morgan fingerprint density at radius 1 is 0.909 bits per heavy atom. The van der Waals surface area contributed by atoms with Gasteiger partial charge in [-0.05, 0) is 55.8 Å². The van der Waals surface area contributed by atoms with Gasteiger partial charge in [0.25, 0.3) is 0 Å². The molecular formula is C43H45N4O8+. The molecule has 0 spiro atoms. The highest BCUT2D eigenvalue weighted by atomic mass is 16.7. The minimum Gasteiger partial charge on any atom is -0.492 e. The van der Waals surface area contributed by atoms with Gasteiger partial charge in [-0.2, -0.15) is 5.26 Å². The molecule has 55 heavy (non-hydrogen) atoms. The summed E-state index contributed by atoms with van der Waals surface area (Å²) >= 11 is 0. The van der Waals surface area contributed by atoms with Gasteiger partial charge in [0.2, 0.25) is 25.1 Å². The first-order chi connectivity index (χ1) is 26.1. The monoisotopic (exact) mass is 745 g/mol. The smallest absolute Gasteiger partial charge is 0.231 e. The second kappa shape index (κ2) is 17.6. The SMILES string of the molecule is C.COc1c2c(cc3c1C(CC(=O)c1ccc(C#N)cc1)N(C)CC3)OCO2.COc1c2c(cc3c1OCO3)CC[N+](C)=C2.[C-]#[N+]c1ccc(C(C)=O)cc1. The Labute approximate surface area is 321 Å². The molecule has 1 atom stereocenters. The third-order valence-electron chi connectivity index (χ3n) is 9.70. The van der Waals surface area contributed by atoms with Gasteiger partial charge in [0.1, 0.15) is 13.6 Å². The second-order valence-corrected chi connectivity index (χ2v) is 13.1. The number of carbonyl (C=O) groups excluding carboxylic acids is 2. The van der Waals surface area contributed by atoms with Gasteiger partial charge in [0, 0.05) is 42.1 Å². The maximum absolute atomic E-state index is 12.9. The predicted octanol–water partition coefficient (Wildman–Crippen LogP) is 7.21. The van der Waals surface area contributed by atoms with Crippen LogP contribution in [0, 0.1) is 17.9 Å². The number of rotatable bonds is 6. The van der Waals surface area contributed by atoms with Crippen LogP contribution in [0.5, 0.6) is 34.5 Å². The molecule has 0 radical (unpaired) electrons. The van der Waals surface area contributed by atoms with Crippen molar-refractivity contribution in [2.75, 3.05) is 55.0 Å². The average molecular weight is 746 g/mol. The number of likely N-dealkylation sites (N-methyl/N-ethyl adjacent to an activating group) is 2. The zero-order valence-corrected chi connectivity index (χ0v) is 30.9. The summed E-state index contributed by atoms with van der Waals surface area (Å²) in [6.07, 6.45) is 4.29. The van der Waals surface area contributed by atoms with E-state index in [1.807, 2.05) is 13.1 Å². The lowest BCUT2D eigenvalue weighted by molar-refractivity contribution is -0.493. The zero-order chi connectivity index (χ0) is 38.4. The Bertz CT molecular complexity index is 2180. The van der Waals surface area contributed by atoms with Crippen molar-refractivity contribution in [1.29, 1.82) is 5.26 Å². The van der Waals surface area contributed by atoms with E-state index in [-0.39, 0.29) is 38.6 Å². The zero-order valence-electron chi connectivity index (χ0n) is 30.9. The molecule has 0 amide bonds. The van der Waals surface area contributed by atoms with Gasteiger partial charge in [-0.15, -0.1) is 0 Å². The first kappa shape index (κ1) is 39.8. The van der Waals surface area contributed by atoms with Crippen LogP contribution < -0.4 is 28.4 Å². The molecule has 12 nitrogen and oxygen atoms in total. The third-order valence-corrected chi connectivity index (χ3v) is 9.70.